The van der Waals surface area contributed by atoms with Crippen molar-refractivity contribution in [2.45, 2.75) is 38.2 Å². The summed E-state index contributed by atoms with van der Waals surface area (Å²) in [6, 6.07) is 4.42. The minimum Gasteiger partial charge on any atom is -0.427 e. The van der Waals surface area contributed by atoms with E-state index in [1.807, 2.05) is 0 Å². The average molecular weight is 422 g/mol. The van der Waals surface area contributed by atoms with Gasteiger partial charge in [0.15, 0.2) is 5.82 Å². The topological polar surface area (TPSA) is 110 Å². The Kier molecular flexibility index (Phi) is 8.78. The molecular formula is C13H19BBrClFN5O2. The molecule has 2 rings (SSSR count). The average Bonchev–Trinajstić information content (AvgIpc) is 2.94. The van der Waals surface area contributed by atoms with E-state index in [2.05, 4.69) is 31.5 Å². The first-order chi connectivity index (χ1) is 11.0. The summed E-state index contributed by atoms with van der Waals surface area (Å²) in [7, 11) is -1.29. The Balaban J connectivity index is 0.00000288. The van der Waals surface area contributed by atoms with Crippen molar-refractivity contribution in [3.05, 3.63) is 39.9 Å². The Labute approximate surface area is 154 Å². The zero-order chi connectivity index (χ0) is 16.8. The monoisotopic (exact) mass is 421 g/mol. The number of rotatable bonds is 8. The van der Waals surface area contributed by atoms with Gasteiger partial charge in [-0.1, -0.05) is 34.8 Å². The predicted molar refractivity (Wildman–Crippen MR) is 94.0 cm³/mol. The minimum absolute atomic E-state index is 0. The third kappa shape index (κ3) is 6.10. The number of hydrogen-bond donors (Lipinski definition) is 3. The zero-order valence-corrected chi connectivity index (χ0v) is 15.2. The fraction of sp³-hybridized carbons (Fsp3) is 0.462. The molecule has 0 spiro atoms. The number of halogens is 3. The molecule has 24 heavy (non-hydrogen) atoms. The highest BCUT2D eigenvalue weighted by atomic mass is 79.9. The van der Waals surface area contributed by atoms with Crippen LogP contribution in [0.1, 0.15) is 36.7 Å². The van der Waals surface area contributed by atoms with Gasteiger partial charge in [-0.2, -0.15) is 0 Å². The molecule has 0 saturated carbocycles. The van der Waals surface area contributed by atoms with Crippen LogP contribution in [0.2, 0.25) is 6.32 Å². The normalized spacial score (nSPS) is 11.9. The number of hydrogen-bond acceptors (Lipinski definition) is 6. The second-order valence-corrected chi connectivity index (χ2v) is 6.22. The van der Waals surface area contributed by atoms with Crippen LogP contribution in [0.5, 0.6) is 0 Å². The Bertz CT molecular complexity index is 649. The molecule has 1 atom stereocenters. The quantitative estimate of drug-likeness (QED) is 0.441. The number of nitrogens with zero attached hydrogens (tertiary/aromatic N) is 4. The summed E-state index contributed by atoms with van der Waals surface area (Å²) in [6.07, 6.45) is 2.28. The van der Waals surface area contributed by atoms with Gasteiger partial charge in [0.05, 0.1) is 12.6 Å². The van der Waals surface area contributed by atoms with Gasteiger partial charge in [-0.25, -0.2) is 9.07 Å². The van der Waals surface area contributed by atoms with Gasteiger partial charge in [-0.3, -0.25) is 0 Å². The van der Waals surface area contributed by atoms with Crippen LogP contribution >= 0.6 is 28.3 Å². The van der Waals surface area contributed by atoms with E-state index in [4.69, 9.17) is 15.8 Å². The van der Waals surface area contributed by atoms with E-state index in [0.29, 0.717) is 35.0 Å². The summed E-state index contributed by atoms with van der Waals surface area (Å²) < 4.78 is 16.1. The molecule has 11 heteroatoms. The first-order valence-electron chi connectivity index (χ1n) is 7.29. The molecule has 0 amide bonds. The van der Waals surface area contributed by atoms with Gasteiger partial charge < -0.3 is 15.8 Å². The van der Waals surface area contributed by atoms with Gasteiger partial charge in [-0.15, -0.1) is 17.5 Å². The summed E-state index contributed by atoms with van der Waals surface area (Å²) in [6.45, 7) is 0.199. The van der Waals surface area contributed by atoms with Gasteiger partial charge in [0.25, 0.3) is 0 Å². The highest BCUT2D eigenvalue weighted by Gasteiger charge is 2.17. The van der Waals surface area contributed by atoms with Crippen molar-refractivity contribution in [2.24, 2.45) is 5.73 Å². The molecule has 0 aliphatic heterocycles. The van der Waals surface area contributed by atoms with E-state index < -0.39 is 7.12 Å². The van der Waals surface area contributed by atoms with Crippen molar-refractivity contribution in [2.75, 3.05) is 0 Å². The molecule has 0 saturated heterocycles. The standard InChI is InChI=1S/C13H18BBrFN5O2.ClH/c15-10-5-4-9(11(16)7-10)8-21-13(18-19-20-21)12(17)3-1-2-6-14(22)23;/h4-5,7,12,22-23H,1-3,6,8,17H2;1H. The van der Waals surface area contributed by atoms with E-state index in [0.717, 1.165) is 6.42 Å². The maximum atomic E-state index is 13.9. The molecule has 0 radical (unpaired) electrons. The summed E-state index contributed by atoms with van der Waals surface area (Å²) in [5.41, 5.74) is 6.55. The van der Waals surface area contributed by atoms with Crippen LogP contribution in [0.15, 0.2) is 22.7 Å². The van der Waals surface area contributed by atoms with Crippen LogP contribution < -0.4 is 5.73 Å². The largest absolute Gasteiger partial charge is 0.451 e. The lowest BCUT2D eigenvalue weighted by atomic mass is 9.83. The molecular weight excluding hydrogens is 403 g/mol. The van der Waals surface area contributed by atoms with E-state index in [1.165, 1.54) is 10.7 Å². The smallest absolute Gasteiger partial charge is 0.427 e. The Hall–Kier alpha value is -1.07. The number of benzene rings is 1. The van der Waals surface area contributed by atoms with Crippen molar-refractivity contribution >= 4 is 35.5 Å². The van der Waals surface area contributed by atoms with Gasteiger partial charge >= 0.3 is 7.12 Å². The van der Waals surface area contributed by atoms with Crippen molar-refractivity contribution in [1.29, 1.82) is 0 Å². The van der Waals surface area contributed by atoms with Crippen molar-refractivity contribution in [3.63, 3.8) is 0 Å². The maximum absolute atomic E-state index is 13.9. The molecule has 1 aromatic carbocycles. The molecule has 0 bridgehead atoms. The fourth-order valence-electron chi connectivity index (χ4n) is 2.22. The van der Waals surface area contributed by atoms with E-state index >= 15 is 0 Å². The molecule has 7 nitrogen and oxygen atoms in total. The number of tetrazole rings is 1. The van der Waals surface area contributed by atoms with E-state index in [-0.39, 0.29) is 30.8 Å². The molecule has 2 aromatic rings. The Morgan fingerprint density at radius 2 is 2.08 bits per heavy atom. The molecule has 1 unspecified atom stereocenters. The molecule has 132 valence electrons. The van der Waals surface area contributed by atoms with Gasteiger partial charge in [0, 0.05) is 10.0 Å². The lowest BCUT2D eigenvalue weighted by Gasteiger charge is -2.12. The van der Waals surface area contributed by atoms with Gasteiger partial charge in [0.1, 0.15) is 5.82 Å². The molecule has 1 aromatic heterocycles. The van der Waals surface area contributed by atoms with Crippen molar-refractivity contribution < 1.29 is 14.4 Å². The molecule has 0 aliphatic rings. The fourth-order valence-corrected chi connectivity index (χ4v) is 2.55. The highest BCUT2D eigenvalue weighted by molar-refractivity contribution is 9.10. The second-order valence-electron chi connectivity index (χ2n) is 5.30. The SMILES string of the molecule is Cl.NC(CCCCB(O)O)c1nnnn1Cc1ccc(Br)cc1F. The lowest BCUT2D eigenvalue weighted by molar-refractivity contribution is 0.400. The van der Waals surface area contributed by atoms with Crippen LogP contribution in [-0.2, 0) is 6.54 Å². The van der Waals surface area contributed by atoms with Crippen LogP contribution in [0, 0.1) is 5.82 Å². The van der Waals surface area contributed by atoms with Gasteiger partial charge in [0.2, 0.25) is 0 Å². The zero-order valence-electron chi connectivity index (χ0n) is 12.8. The van der Waals surface area contributed by atoms with Crippen LogP contribution in [0.4, 0.5) is 4.39 Å². The summed E-state index contributed by atoms with van der Waals surface area (Å²) in [5.74, 6) is 0.142. The van der Waals surface area contributed by atoms with E-state index in [9.17, 15) is 4.39 Å². The number of nitrogens with two attached hydrogens (primary N) is 1. The summed E-state index contributed by atoms with van der Waals surface area (Å²) in [5, 5.41) is 29.0. The van der Waals surface area contributed by atoms with Crippen molar-refractivity contribution in [1.82, 2.24) is 20.2 Å². The first-order valence-corrected chi connectivity index (χ1v) is 8.08. The van der Waals surface area contributed by atoms with Gasteiger partial charge in [-0.05, 0) is 35.3 Å². The summed E-state index contributed by atoms with van der Waals surface area (Å²) in [4.78, 5) is 0. The van der Waals surface area contributed by atoms with Crippen LogP contribution in [0.25, 0.3) is 0 Å². The molecule has 0 aliphatic carbocycles. The minimum atomic E-state index is -1.29. The third-order valence-electron chi connectivity index (χ3n) is 3.45. The number of aromatic nitrogens is 4. The molecule has 0 fully saturated rings. The Morgan fingerprint density at radius 1 is 1.33 bits per heavy atom. The summed E-state index contributed by atoms with van der Waals surface area (Å²) >= 11 is 3.21. The van der Waals surface area contributed by atoms with Crippen LogP contribution in [-0.4, -0.2) is 37.4 Å². The maximum Gasteiger partial charge on any atom is 0.451 e. The highest BCUT2D eigenvalue weighted by Crippen LogP contribution is 2.19. The van der Waals surface area contributed by atoms with E-state index in [1.54, 1.807) is 12.1 Å². The number of unbranched alkanes of at least 4 members (excludes halogenated alkanes) is 1. The lowest BCUT2D eigenvalue weighted by Crippen LogP contribution is -2.19. The molecule has 4 N–H and O–H groups in total. The Morgan fingerprint density at radius 3 is 2.75 bits per heavy atom. The molecule has 1 heterocycles. The van der Waals surface area contributed by atoms with Crippen molar-refractivity contribution in [3.8, 4) is 0 Å². The first kappa shape index (κ1) is 21.0. The third-order valence-corrected chi connectivity index (χ3v) is 3.95. The second kappa shape index (κ2) is 10.0. The predicted octanol–water partition coefficient (Wildman–Crippen LogP) is 1.69. The van der Waals surface area contributed by atoms with Crippen LogP contribution in [0.3, 0.4) is 0 Å².